The molecule has 20 heavy (non-hydrogen) atoms. The summed E-state index contributed by atoms with van der Waals surface area (Å²) in [5, 5.41) is 0.776. The van der Waals surface area contributed by atoms with Crippen molar-refractivity contribution >= 4 is 33.0 Å². The van der Waals surface area contributed by atoms with Crippen LogP contribution >= 0.6 is 27.5 Å². The minimum absolute atomic E-state index is 0.776. The second kappa shape index (κ2) is 5.58. The third-order valence-electron chi connectivity index (χ3n) is 3.36. The van der Waals surface area contributed by atoms with Crippen LogP contribution in [0, 0.1) is 6.92 Å². The van der Waals surface area contributed by atoms with E-state index >= 15 is 0 Å². The third kappa shape index (κ3) is 2.74. The molecule has 0 aliphatic heterocycles. The van der Waals surface area contributed by atoms with Gasteiger partial charge in [-0.25, -0.2) is 4.98 Å². The third-order valence-corrected chi connectivity index (χ3v) is 4.20. The Morgan fingerprint density at radius 2 is 1.85 bits per heavy atom. The van der Waals surface area contributed by atoms with Crippen molar-refractivity contribution in [1.82, 2.24) is 9.38 Å². The van der Waals surface area contributed by atoms with E-state index in [-0.39, 0.29) is 0 Å². The van der Waals surface area contributed by atoms with Gasteiger partial charge in [0.05, 0.1) is 5.52 Å². The van der Waals surface area contributed by atoms with E-state index in [0.717, 1.165) is 33.8 Å². The zero-order chi connectivity index (χ0) is 14.1. The Morgan fingerprint density at radius 1 is 1.10 bits per heavy atom. The molecule has 0 aliphatic carbocycles. The van der Waals surface area contributed by atoms with Crippen molar-refractivity contribution in [2.75, 3.05) is 0 Å². The van der Waals surface area contributed by atoms with Crippen molar-refractivity contribution in [2.45, 2.75) is 19.8 Å². The lowest BCUT2D eigenvalue weighted by Crippen LogP contribution is -1.98. The first kappa shape index (κ1) is 13.7. The quantitative estimate of drug-likeness (QED) is 0.661. The highest BCUT2D eigenvalue weighted by atomic mass is 79.9. The molecule has 0 unspecified atom stereocenters. The number of fused-ring (bicyclic) bond motifs is 1. The molecule has 0 spiro atoms. The van der Waals surface area contributed by atoms with E-state index < -0.39 is 0 Å². The summed E-state index contributed by atoms with van der Waals surface area (Å²) >= 11 is 9.43. The molecule has 0 radical (unpaired) electrons. The summed E-state index contributed by atoms with van der Waals surface area (Å²) < 4.78 is 3.07. The molecule has 3 aromatic rings. The van der Waals surface area contributed by atoms with Gasteiger partial charge in [0.25, 0.3) is 0 Å². The molecule has 0 amide bonds. The van der Waals surface area contributed by atoms with Crippen molar-refractivity contribution < 1.29 is 0 Å². The van der Waals surface area contributed by atoms with Gasteiger partial charge in [0, 0.05) is 17.6 Å². The molecular weight excluding hydrogens is 336 g/mol. The van der Waals surface area contributed by atoms with Gasteiger partial charge < -0.3 is 4.40 Å². The zero-order valence-corrected chi connectivity index (χ0v) is 13.4. The lowest BCUT2D eigenvalue weighted by molar-refractivity contribution is 0.850. The number of hydrogen-bond acceptors (Lipinski definition) is 1. The second-order valence-corrected chi connectivity index (χ2v) is 6.09. The maximum absolute atomic E-state index is 5.91. The predicted molar refractivity (Wildman–Crippen MR) is 86.5 cm³/mol. The average molecular weight is 350 g/mol. The number of aryl methyl sites for hydroxylation is 3. The zero-order valence-electron chi connectivity index (χ0n) is 11.1. The summed E-state index contributed by atoms with van der Waals surface area (Å²) in [5.41, 5.74) is 3.62. The van der Waals surface area contributed by atoms with Crippen LogP contribution in [0.25, 0.3) is 5.52 Å². The van der Waals surface area contributed by atoms with Gasteiger partial charge in [0.1, 0.15) is 10.4 Å². The molecule has 102 valence electrons. The highest BCUT2D eigenvalue weighted by molar-refractivity contribution is 9.10. The van der Waals surface area contributed by atoms with Crippen LogP contribution in [0.4, 0.5) is 0 Å². The molecule has 1 aromatic carbocycles. The van der Waals surface area contributed by atoms with Crippen LogP contribution in [0.3, 0.4) is 0 Å². The summed E-state index contributed by atoms with van der Waals surface area (Å²) in [4.78, 5) is 4.62. The van der Waals surface area contributed by atoms with Gasteiger partial charge in [0.15, 0.2) is 0 Å². The van der Waals surface area contributed by atoms with E-state index in [1.165, 1.54) is 11.1 Å². The fourth-order valence-electron chi connectivity index (χ4n) is 2.30. The van der Waals surface area contributed by atoms with Gasteiger partial charge in [-0.3, -0.25) is 0 Å². The Bertz CT molecular complexity index is 747. The molecule has 0 atom stereocenters. The number of nitrogens with zero attached hydrogens (tertiary/aromatic N) is 2. The first-order valence-electron chi connectivity index (χ1n) is 6.51. The molecule has 2 aromatic heterocycles. The van der Waals surface area contributed by atoms with Crippen LogP contribution in [0.1, 0.15) is 17.0 Å². The van der Waals surface area contributed by atoms with E-state index in [9.17, 15) is 0 Å². The van der Waals surface area contributed by atoms with Crippen molar-refractivity contribution in [3.05, 3.63) is 69.2 Å². The standard InChI is InChI=1S/C16H14BrClN2/c1-11-2-8-14-16(17)19-15(20(14)10-11)9-5-12-3-6-13(18)7-4-12/h2-4,6-8,10H,5,9H2,1H3. The Balaban J connectivity index is 1.87. The van der Waals surface area contributed by atoms with Crippen molar-refractivity contribution in [2.24, 2.45) is 0 Å². The fourth-order valence-corrected chi connectivity index (χ4v) is 2.95. The molecule has 2 nitrogen and oxygen atoms in total. The van der Waals surface area contributed by atoms with Gasteiger partial charge >= 0.3 is 0 Å². The fraction of sp³-hybridized carbons (Fsp3) is 0.188. The van der Waals surface area contributed by atoms with Gasteiger partial charge in [-0.2, -0.15) is 0 Å². The monoisotopic (exact) mass is 348 g/mol. The summed E-state index contributed by atoms with van der Waals surface area (Å²) in [6, 6.07) is 12.2. The van der Waals surface area contributed by atoms with E-state index in [1.807, 2.05) is 12.1 Å². The number of halogens is 2. The normalized spacial score (nSPS) is 11.2. The molecule has 4 heteroatoms. The minimum Gasteiger partial charge on any atom is -0.302 e. The van der Waals surface area contributed by atoms with Crippen LogP contribution in [-0.2, 0) is 12.8 Å². The Morgan fingerprint density at radius 3 is 2.60 bits per heavy atom. The van der Waals surface area contributed by atoms with Crippen LogP contribution in [0.5, 0.6) is 0 Å². The van der Waals surface area contributed by atoms with Crippen LogP contribution in [0.2, 0.25) is 5.02 Å². The van der Waals surface area contributed by atoms with Crippen LogP contribution in [0.15, 0.2) is 47.2 Å². The SMILES string of the molecule is Cc1ccc2c(Br)nc(CCc3ccc(Cl)cc3)n2c1. The first-order chi connectivity index (χ1) is 9.63. The van der Waals surface area contributed by atoms with Gasteiger partial charge in [-0.05, 0) is 58.6 Å². The highest BCUT2D eigenvalue weighted by Gasteiger charge is 2.09. The average Bonchev–Trinajstić information content (AvgIpc) is 2.74. The smallest absolute Gasteiger partial charge is 0.132 e. The summed E-state index contributed by atoms with van der Waals surface area (Å²) in [5.74, 6) is 1.07. The number of aromatic nitrogens is 2. The molecule has 0 saturated heterocycles. The summed E-state index contributed by atoms with van der Waals surface area (Å²) in [6.45, 7) is 2.09. The topological polar surface area (TPSA) is 17.3 Å². The Kier molecular flexibility index (Phi) is 3.81. The Labute approximate surface area is 131 Å². The Hall–Kier alpha value is -1.32. The van der Waals surface area contributed by atoms with Crippen molar-refractivity contribution in [1.29, 1.82) is 0 Å². The molecule has 2 heterocycles. The molecular formula is C16H14BrClN2. The number of hydrogen-bond donors (Lipinski definition) is 0. The second-order valence-electron chi connectivity index (χ2n) is 4.91. The van der Waals surface area contributed by atoms with Crippen LogP contribution in [-0.4, -0.2) is 9.38 Å². The molecule has 3 rings (SSSR count). The van der Waals surface area contributed by atoms with Crippen LogP contribution < -0.4 is 0 Å². The first-order valence-corrected chi connectivity index (χ1v) is 7.68. The van der Waals surface area contributed by atoms with Crippen molar-refractivity contribution in [3.8, 4) is 0 Å². The van der Waals surface area contributed by atoms with E-state index in [0.29, 0.717) is 0 Å². The molecule has 0 fully saturated rings. The lowest BCUT2D eigenvalue weighted by Gasteiger charge is -2.03. The molecule has 0 N–H and O–H groups in total. The number of imidazole rings is 1. The number of rotatable bonds is 3. The maximum Gasteiger partial charge on any atom is 0.132 e. The summed E-state index contributed by atoms with van der Waals surface area (Å²) in [7, 11) is 0. The van der Waals surface area contributed by atoms with Gasteiger partial charge in [-0.1, -0.05) is 29.8 Å². The van der Waals surface area contributed by atoms with Gasteiger partial charge in [-0.15, -0.1) is 0 Å². The van der Waals surface area contributed by atoms with E-state index in [1.54, 1.807) is 0 Å². The minimum atomic E-state index is 0.776. The van der Waals surface area contributed by atoms with Crippen molar-refractivity contribution in [3.63, 3.8) is 0 Å². The summed E-state index contributed by atoms with van der Waals surface area (Å²) in [6.07, 6.45) is 3.98. The van der Waals surface area contributed by atoms with Gasteiger partial charge in [0.2, 0.25) is 0 Å². The lowest BCUT2D eigenvalue weighted by atomic mass is 10.1. The molecule has 0 saturated carbocycles. The molecule has 0 aliphatic rings. The number of benzene rings is 1. The van der Waals surface area contributed by atoms with E-state index in [4.69, 9.17) is 11.6 Å². The predicted octanol–water partition coefficient (Wildman–Crippen LogP) is 4.84. The molecule has 0 bridgehead atoms. The largest absolute Gasteiger partial charge is 0.302 e. The highest BCUT2D eigenvalue weighted by Crippen LogP contribution is 2.21. The van der Waals surface area contributed by atoms with E-state index in [2.05, 4.69) is 62.7 Å². The maximum atomic E-state index is 5.91. The number of pyridine rings is 1.